The number of hydrogen-bond acceptors (Lipinski definition) is 10. The highest BCUT2D eigenvalue weighted by Gasteiger charge is 2.46. The lowest BCUT2D eigenvalue weighted by molar-refractivity contribution is -0.148. The first-order chi connectivity index (χ1) is 26.2. The Bertz CT molecular complexity index is 1510. The highest BCUT2D eigenvalue weighted by atomic mass is 16.5. The summed E-state index contributed by atoms with van der Waals surface area (Å²) in [4.78, 5) is 72.7. The van der Waals surface area contributed by atoms with Crippen LogP contribution in [-0.4, -0.2) is 139 Å². The van der Waals surface area contributed by atoms with E-state index in [1.807, 2.05) is 60.5 Å². The normalized spacial score (nSPS) is 20.0. The number of likely N-dealkylation sites (tertiary alicyclic amines) is 1. The lowest BCUT2D eigenvalue weighted by Gasteiger charge is -2.41. The van der Waals surface area contributed by atoms with E-state index < -0.39 is 66.1 Å². The van der Waals surface area contributed by atoms with Gasteiger partial charge < -0.3 is 40.1 Å². The molecule has 0 radical (unpaired) electrons. The summed E-state index contributed by atoms with van der Waals surface area (Å²) in [6.45, 7) is 13.3. The number of phenols is 1. The van der Waals surface area contributed by atoms with Crippen LogP contribution >= 0.6 is 0 Å². The maximum Gasteiger partial charge on any atom is 0.326 e. The number of nitrogens with one attached hydrogen (secondary N) is 2. The third-order valence-corrected chi connectivity index (χ3v) is 11.2. The van der Waals surface area contributed by atoms with Crippen LogP contribution < -0.4 is 10.6 Å². The Morgan fingerprint density at radius 1 is 0.946 bits per heavy atom. The fourth-order valence-corrected chi connectivity index (χ4v) is 7.90. The number of phenolic OH excluding ortho intramolecular Hbond substituents is 1. The number of carbonyl (C=O) groups excluding carboxylic acids is 4. The molecule has 4 N–H and O–H groups in total. The van der Waals surface area contributed by atoms with Gasteiger partial charge in [-0.2, -0.15) is 5.26 Å². The summed E-state index contributed by atoms with van der Waals surface area (Å²) in [6, 6.07) is 4.47. The molecule has 2 rings (SSSR count). The van der Waals surface area contributed by atoms with Crippen LogP contribution in [0.15, 0.2) is 24.3 Å². The van der Waals surface area contributed by atoms with Gasteiger partial charge in [-0.3, -0.25) is 24.1 Å². The minimum atomic E-state index is -1.27. The Kier molecular flexibility index (Phi) is 18.7. The zero-order chi connectivity index (χ0) is 42.6. The smallest absolute Gasteiger partial charge is 0.326 e. The van der Waals surface area contributed by atoms with Crippen LogP contribution in [0.3, 0.4) is 0 Å². The van der Waals surface area contributed by atoms with Gasteiger partial charge in [0.05, 0.1) is 54.7 Å². The number of rotatable bonds is 21. The largest absolute Gasteiger partial charge is 0.508 e. The van der Waals surface area contributed by atoms with E-state index in [1.165, 1.54) is 26.4 Å². The number of likely N-dealkylation sites (N-methyl/N-ethyl adjacent to an activating group) is 2. The molecule has 56 heavy (non-hydrogen) atoms. The van der Waals surface area contributed by atoms with Gasteiger partial charge in [0.1, 0.15) is 17.8 Å². The van der Waals surface area contributed by atoms with E-state index in [0.29, 0.717) is 12.0 Å². The van der Waals surface area contributed by atoms with Crippen LogP contribution in [0, 0.1) is 40.9 Å². The van der Waals surface area contributed by atoms with Crippen molar-refractivity contribution in [2.75, 3.05) is 41.9 Å². The van der Waals surface area contributed by atoms with Crippen molar-refractivity contribution in [3.05, 3.63) is 29.8 Å². The number of amides is 4. The number of carboxylic acids is 1. The van der Waals surface area contributed by atoms with Crippen molar-refractivity contribution in [2.45, 2.75) is 117 Å². The van der Waals surface area contributed by atoms with Crippen molar-refractivity contribution < 1.29 is 43.7 Å². The van der Waals surface area contributed by atoms with Crippen LogP contribution in [0.1, 0.15) is 73.3 Å². The van der Waals surface area contributed by atoms with Gasteiger partial charge >= 0.3 is 5.97 Å². The summed E-state index contributed by atoms with van der Waals surface area (Å²) >= 11 is 0. The average Bonchev–Trinajstić information content (AvgIpc) is 3.57. The molecule has 0 aromatic heterocycles. The molecule has 0 saturated carbocycles. The molecule has 15 heteroatoms. The molecule has 1 saturated heterocycles. The third kappa shape index (κ3) is 12.4. The fourth-order valence-electron chi connectivity index (χ4n) is 7.90. The van der Waals surface area contributed by atoms with E-state index in [-0.39, 0.29) is 67.0 Å². The standard InChI is InChI=1S/C41H66N6O9/c1-13-25(6)36(46(10)40(52)34(23(2)3)44-39(51)35(24(4)5)45(8)9)32(55-11)20-33(49)47-22-28(21-42)19-31(47)37(56-12)26(7)38(50)43-30(41(53)54)18-27-14-16-29(48)17-15-27/h14-17,23-26,28,30-32,34-37,48H,13,18-20,22H2,1-12H3,(H,43,50)(H,44,51)(H,53,54)/t25-,26+,28-,30-,31-,32+,34-,35-,36-,37+/m0/s1. The van der Waals surface area contributed by atoms with Gasteiger partial charge in [-0.25, -0.2) is 4.79 Å². The van der Waals surface area contributed by atoms with Gasteiger partial charge in [0.15, 0.2) is 0 Å². The topological polar surface area (TPSA) is 202 Å². The summed E-state index contributed by atoms with van der Waals surface area (Å²) in [5.41, 5.74) is 0.597. The summed E-state index contributed by atoms with van der Waals surface area (Å²) in [5, 5.41) is 35.0. The van der Waals surface area contributed by atoms with Gasteiger partial charge in [-0.1, -0.05) is 67.0 Å². The number of hydrogen-bond donors (Lipinski definition) is 4. The monoisotopic (exact) mass is 786 g/mol. The highest BCUT2D eigenvalue weighted by Crippen LogP contribution is 2.32. The molecule has 314 valence electrons. The van der Waals surface area contributed by atoms with Crippen LogP contribution in [0.4, 0.5) is 0 Å². The first kappa shape index (κ1) is 47.9. The van der Waals surface area contributed by atoms with Crippen LogP contribution in [0.2, 0.25) is 0 Å². The minimum absolute atomic E-state index is 0.00531. The SMILES string of the molecule is CC[C@H](C)[C@@H]([C@@H](CC(=O)N1C[C@H](C#N)C[C@H]1[C@H](OC)[C@@H](C)C(=O)N[C@@H](Cc1ccc(O)cc1)C(=O)O)OC)N(C)C(=O)[C@@H](NC(=O)[C@H](C(C)C)N(C)C)C(C)C. The number of carbonyl (C=O) groups is 5. The number of nitrogens with zero attached hydrogens (tertiary/aromatic N) is 4. The Morgan fingerprint density at radius 2 is 1.55 bits per heavy atom. The summed E-state index contributed by atoms with van der Waals surface area (Å²) < 4.78 is 11.8. The molecule has 15 nitrogen and oxygen atoms in total. The van der Waals surface area contributed by atoms with Gasteiger partial charge in [-0.05, 0) is 56.0 Å². The predicted molar refractivity (Wildman–Crippen MR) is 211 cm³/mol. The van der Waals surface area contributed by atoms with Crippen LogP contribution in [-0.2, 0) is 39.9 Å². The van der Waals surface area contributed by atoms with Gasteiger partial charge in [0, 0.05) is 34.2 Å². The molecule has 1 aromatic carbocycles. The maximum atomic E-state index is 14.3. The van der Waals surface area contributed by atoms with Crippen LogP contribution in [0.5, 0.6) is 5.75 Å². The molecule has 1 aliphatic heterocycles. The van der Waals surface area contributed by atoms with Crippen LogP contribution in [0.25, 0.3) is 0 Å². The molecule has 0 unspecified atom stereocenters. The molecular weight excluding hydrogens is 720 g/mol. The van der Waals surface area contributed by atoms with E-state index in [4.69, 9.17) is 9.47 Å². The van der Waals surface area contributed by atoms with E-state index in [2.05, 4.69) is 16.7 Å². The zero-order valence-corrected chi connectivity index (χ0v) is 35.3. The van der Waals surface area contributed by atoms with E-state index in [0.717, 1.165) is 0 Å². The van der Waals surface area contributed by atoms with Crippen molar-refractivity contribution >= 4 is 29.6 Å². The Balaban J connectivity index is 2.36. The molecule has 1 heterocycles. The Morgan fingerprint density at radius 3 is 2.02 bits per heavy atom. The van der Waals surface area contributed by atoms with E-state index >= 15 is 0 Å². The second-order valence-electron chi connectivity index (χ2n) is 16.1. The van der Waals surface area contributed by atoms with Crippen molar-refractivity contribution in [3.8, 4) is 11.8 Å². The number of aromatic hydroxyl groups is 1. The zero-order valence-electron chi connectivity index (χ0n) is 35.3. The first-order valence-corrected chi connectivity index (χ1v) is 19.5. The number of methoxy groups -OCH3 is 2. The highest BCUT2D eigenvalue weighted by molar-refractivity contribution is 5.90. The number of benzene rings is 1. The lowest BCUT2D eigenvalue weighted by Crippen LogP contribution is -2.59. The minimum Gasteiger partial charge on any atom is -0.508 e. The number of ether oxygens (including phenoxy) is 2. The molecule has 1 fully saturated rings. The molecule has 0 spiro atoms. The molecule has 1 aliphatic rings. The molecular formula is C41H66N6O9. The second kappa shape index (κ2) is 21.9. The van der Waals surface area contributed by atoms with Crippen molar-refractivity contribution in [3.63, 3.8) is 0 Å². The maximum absolute atomic E-state index is 14.3. The summed E-state index contributed by atoms with van der Waals surface area (Å²) in [5.74, 6) is -4.51. The van der Waals surface area contributed by atoms with Gasteiger partial charge in [-0.15, -0.1) is 0 Å². The number of carboxylic acid groups (broad SMARTS) is 1. The van der Waals surface area contributed by atoms with Crippen molar-refractivity contribution in [1.29, 1.82) is 5.26 Å². The predicted octanol–water partition coefficient (Wildman–Crippen LogP) is 2.90. The molecule has 0 bridgehead atoms. The molecule has 4 amide bonds. The first-order valence-electron chi connectivity index (χ1n) is 19.5. The molecule has 0 aliphatic carbocycles. The molecule has 1 aromatic rings. The summed E-state index contributed by atoms with van der Waals surface area (Å²) in [7, 11) is 8.21. The third-order valence-electron chi connectivity index (χ3n) is 11.2. The second-order valence-corrected chi connectivity index (χ2v) is 16.1. The lowest BCUT2D eigenvalue weighted by atomic mass is 9.89. The van der Waals surface area contributed by atoms with Crippen molar-refractivity contribution in [2.24, 2.45) is 29.6 Å². The van der Waals surface area contributed by atoms with Gasteiger partial charge in [0.2, 0.25) is 23.6 Å². The fraction of sp³-hybridized carbons (Fsp3) is 0.707. The number of nitriles is 1. The van der Waals surface area contributed by atoms with Gasteiger partial charge in [0.25, 0.3) is 0 Å². The number of aliphatic carboxylic acids is 1. The quantitative estimate of drug-likeness (QED) is 0.143. The van der Waals surface area contributed by atoms with Crippen molar-refractivity contribution in [1.82, 2.24) is 25.3 Å². The molecule has 10 atom stereocenters. The Hall–Kier alpha value is -4.26. The summed E-state index contributed by atoms with van der Waals surface area (Å²) in [6.07, 6.45) is -0.919. The average molecular weight is 787 g/mol. The Labute approximate surface area is 333 Å². The van der Waals surface area contributed by atoms with E-state index in [1.54, 1.807) is 35.9 Å². The van der Waals surface area contributed by atoms with E-state index in [9.17, 15) is 39.4 Å².